The molecule has 2 aromatic rings. The number of esters is 1. The Morgan fingerprint density at radius 3 is 2.46 bits per heavy atom. The van der Waals surface area contributed by atoms with Gasteiger partial charge in [0, 0.05) is 20.2 Å². The first kappa shape index (κ1) is 21.4. The number of hydrogen-bond acceptors (Lipinski definition) is 6. The van der Waals surface area contributed by atoms with Crippen molar-refractivity contribution in [3.63, 3.8) is 0 Å². The molecule has 0 unspecified atom stereocenters. The zero-order chi connectivity index (χ0) is 20.7. The summed E-state index contributed by atoms with van der Waals surface area (Å²) in [6.45, 7) is 3.63. The van der Waals surface area contributed by atoms with Gasteiger partial charge in [0.1, 0.15) is 13.1 Å². The summed E-state index contributed by atoms with van der Waals surface area (Å²) in [6, 6.07) is 6.63. The lowest BCUT2D eigenvalue weighted by Crippen LogP contribution is -2.45. The Bertz CT molecular complexity index is 962. The first-order valence-corrected chi connectivity index (χ1v) is 9.09. The fourth-order valence-electron chi connectivity index (χ4n) is 2.89. The molecular formula is C19H25N3O6. The lowest BCUT2D eigenvalue weighted by Gasteiger charge is -2.22. The lowest BCUT2D eigenvalue weighted by molar-refractivity contribution is -0.149. The minimum absolute atomic E-state index is 0.175. The number of para-hydroxylation sites is 1. The number of fused-ring (bicyclic) bond motifs is 1. The van der Waals surface area contributed by atoms with Crippen LogP contribution in [0.15, 0.2) is 33.9 Å². The second-order valence-electron chi connectivity index (χ2n) is 6.05. The molecule has 0 aliphatic heterocycles. The summed E-state index contributed by atoms with van der Waals surface area (Å²) in [5.74, 6) is -0.985. The number of hydrogen-bond donors (Lipinski definition) is 0. The van der Waals surface area contributed by atoms with Crippen LogP contribution in [-0.4, -0.2) is 59.3 Å². The summed E-state index contributed by atoms with van der Waals surface area (Å²) in [7, 11) is 1.49. The predicted molar refractivity (Wildman–Crippen MR) is 103 cm³/mol. The molecule has 1 aromatic heterocycles. The zero-order valence-electron chi connectivity index (χ0n) is 16.3. The first-order chi connectivity index (χ1) is 13.4. The fraction of sp³-hybridized carbons (Fsp3) is 0.474. The van der Waals surface area contributed by atoms with Crippen molar-refractivity contribution >= 4 is 22.8 Å². The van der Waals surface area contributed by atoms with Crippen LogP contribution in [0.25, 0.3) is 10.9 Å². The van der Waals surface area contributed by atoms with E-state index in [1.807, 2.05) is 0 Å². The lowest BCUT2D eigenvalue weighted by atomic mass is 10.2. The Kier molecular flexibility index (Phi) is 7.51. The molecule has 1 amide bonds. The van der Waals surface area contributed by atoms with Crippen molar-refractivity contribution in [3.8, 4) is 0 Å². The van der Waals surface area contributed by atoms with Gasteiger partial charge in [0.15, 0.2) is 0 Å². The van der Waals surface area contributed by atoms with E-state index >= 15 is 0 Å². The van der Waals surface area contributed by atoms with Crippen molar-refractivity contribution in [2.24, 2.45) is 0 Å². The van der Waals surface area contributed by atoms with Crippen molar-refractivity contribution in [3.05, 3.63) is 45.1 Å². The van der Waals surface area contributed by atoms with Crippen LogP contribution in [0.4, 0.5) is 0 Å². The maximum atomic E-state index is 12.9. The molecule has 0 fully saturated rings. The summed E-state index contributed by atoms with van der Waals surface area (Å²) >= 11 is 0. The van der Waals surface area contributed by atoms with Crippen molar-refractivity contribution < 1.29 is 19.1 Å². The summed E-state index contributed by atoms with van der Waals surface area (Å²) in [4.78, 5) is 51.2. The normalized spacial score (nSPS) is 10.8. The Labute approximate surface area is 162 Å². The van der Waals surface area contributed by atoms with Crippen LogP contribution in [0.1, 0.15) is 13.8 Å². The molecule has 0 saturated heterocycles. The number of rotatable bonds is 9. The Morgan fingerprint density at radius 1 is 1.11 bits per heavy atom. The van der Waals surface area contributed by atoms with E-state index in [1.165, 1.54) is 16.6 Å². The minimum atomic E-state index is -0.567. The van der Waals surface area contributed by atoms with Crippen LogP contribution in [0.3, 0.4) is 0 Å². The van der Waals surface area contributed by atoms with E-state index in [4.69, 9.17) is 9.47 Å². The Hall–Kier alpha value is -2.94. The number of carbonyl (C=O) groups is 2. The standard InChI is InChI=1S/C19H25N3O6/c1-4-21-18(25)14-8-6-7-9-15(14)22(19(21)26)12-16(23)20(10-11-27-3)13-17(24)28-5-2/h6-9H,4-5,10-13H2,1-3H3. The Balaban J connectivity index is 2.42. The number of aromatic nitrogens is 2. The van der Waals surface area contributed by atoms with Crippen molar-refractivity contribution in [1.82, 2.24) is 14.0 Å². The molecule has 0 bridgehead atoms. The predicted octanol–water partition coefficient (Wildman–Crippen LogP) is 0.221. The van der Waals surface area contributed by atoms with Gasteiger partial charge in [-0.1, -0.05) is 12.1 Å². The number of nitrogens with zero attached hydrogens (tertiary/aromatic N) is 3. The van der Waals surface area contributed by atoms with Gasteiger partial charge in [-0.2, -0.15) is 0 Å². The number of amides is 1. The van der Waals surface area contributed by atoms with Crippen molar-refractivity contribution in [2.75, 3.05) is 33.4 Å². The molecule has 2 rings (SSSR count). The summed E-state index contributed by atoms with van der Waals surface area (Å²) in [5, 5.41) is 0.352. The molecule has 0 atom stereocenters. The van der Waals surface area contributed by atoms with Gasteiger partial charge in [-0.15, -0.1) is 0 Å². The van der Waals surface area contributed by atoms with E-state index in [-0.39, 0.29) is 39.4 Å². The van der Waals surface area contributed by atoms with E-state index < -0.39 is 23.1 Å². The summed E-state index contributed by atoms with van der Waals surface area (Å²) in [6.07, 6.45) is 0. The van der Waals surface area contributed by atoms with Crippen LogP contribution in [-0.2, 0) is 32.2 Å². The molecule has 0 radical (unpaired) electrons. The maximum Gasteiger partial charge on any atom is 0.331 e. The van der Waals surface area contributed by atoms with Crippen LogP contribution < -0.4 is 11.2 Å². The second-order valence-corrected chi connectivity index (χ2v) is 6.05. The molecule has 0 aliphatic carbocycles. The molecule has 9 heteroatoms. The molecule has 0 saturated carbocycles. The molecule has 1 heterocycles. The van der Waals surface area contributed by atoms with Gasteiger partial charge in [0.25, 0.3) is 5.56 Å². The summed E-state index contributed by atoms with van der Waals surface area (Å²) in [5.41, 5.74) is -0.588. The molecule has 0 aliphatic rings. The van der Waals surface area contributed by atoms with Crippen LogP contribution in [0.2, 0.25) is 0 Å². The van der Waals surface area contributed by atoms with E-state index in [2.05, 4.69) is 0 Å². The van der Waals surface area contributed by atoms with Gasteiger partial charge < -0.3 is 14.4 Å². The van der Waals surface area contributed by atoms with Gasteiger partial charge in [-0.25, -0.2) is 4.79 Å². The number of ether oxygens (including phenoxy) is 2. The first-order valence-electron chi connectivity index (χ1n) is 9.09. The molecule has 0 spiro atoms. The topological polar surface area (TPSA) is 99.8 Å². The highest BCUT2D eigenvalue weighted by Crippen LogP contribution is 2.08. The SMILES string of the molecule is CCOC(=O)CN(CCOC)C(=O)Cn1c(=O)n(CC)c(=O)c2ccccc21. The third-order valence-corrected chi connectivity index (χ3v) is 4.29. The highest BCUT2D eigenvalue weighted by molar-refractivity contribution is 5.84. The molecule has 9 nitrogen and oxygen atoms in total. The van der Waals surface area contributed by atoms with Gasteiger partial charge in [-0.05, 0) is 26.0 Å². The van der Waals surface area contributed by atoms with Gasteiger partial charge >= 0.3 is 11.7 Å². The smallest absolute Gasteiger partial charge is 0.331 e. The van der Waals surface area contributed by atoms with Gasteiger partial charge in [0.05, 0.1) is 24.1 Å². The van der Waals surface area contributed by atoms with Crippen LogP contribution in [0, 0.1) is 0 Å². The molecule has 1 aromatic carbocycles. The quantitative estimate of drug-likeness (QED) is 0.567. The molecule has 152 valence electrons. The van der Waals surface area contributed by atoms with Gasteiger partial charge in [0.2, 0.25) is 5.91 Å². The van der Waals surface area contributed by atoms with Crippen LogP contribution in [0.5, 0.6) is 0 Å². The number of carbonyl (C=O) groups excluding carboxylic acids is 2. The minimum Gasteiger partial charge on any atom is -0.465 e. The fourth-order valence-corrected chi connectivity index (χ4v) is 2.89. The van der Waals surface area contributed by atoms with E-state index in [0.717, 1.165) is 4.57 Å². The van der Waals surface area contributed by atoms with E-state index in [1.54, 1.807) is 38.1 Å². The average Bonchev–Trinajstić information content (AvgIpc) is 2.68. The van der Waals surface area contributed by atoms with Crippen LogP contribution >= 0.6 is 0 Å². The van der Waals surface area contributed by atoms with Crippen molar-refractivity contribution in [2.45, 2.75) is 26.9 Å². The number of benzene rings is 1. The largest absolute Gasteiger partial charge is 0.465 e. The zero-order valence-corrected chi connectivity index (χ0v) is 16.3. The highest BCUT2D eigenvalue weighted by Gasteiger charge is 2.21. The maximum absolute atomic E-state index is 12.9. The summed E-state index contributed by atoms with van der Waals surface area (Å²) < 4.78 is 12.3. The number of methoxy groups -OCH3 is 1. The molecule has 0 N–H and O–H groups in total. The molecular weight excluding hydrogens is 366 g/mol. The third-order valence-electron chi connectivity index (χ3n) is 4.29. The highest BCUT2D eigenvalue weighted by atomic mass is 16.5. The average molecular weight is 391 g/mol. The molecule has 28 heavy (non-hydrogen) atoms. The van der Waals surface area contributed by atoms with E-state index in [0.29, 0.717) is 10.9 Å². The Morgan fingerprint density at radius 2 is 1.82 bits per heavy atom. The van der Waals surface area contributed by atoms with E-state index in [9.17, 15) is 19.2 Å². The monoisotopic (exact) mass is 391 g/mol. The second kappa shape index (κ2) is 9.84. The van der Waals surface area contributed by atoms with Gasteiger partial charge in [-0.3, -0.25) is 23.5 Å². The van der Waals surface area contributed by atoms with Crippen molar-refractivity contribution in [1.29, 1.82) is 0 Å². The third kappa shape index (κ3) is 4.66.